The molecule has 0 aliphatic carbocycles. The Morgan fingerprint density at radius 1 is 1.62 bits per heavy atom. The van der Waals surface area contributed by atoms with Crippen LogP contribution in [-0.2, 0) is 19.6 Å². The number of hydrogen-bond donors (Lipinski definition) is 1. The predicted octanol–water partition coefficient (Wildman–Crippen LogP) is 1.62. The highest BCUT2D eigenvalue weighted by molar-refractivity contribution is 5.66. The van der Waals surface area contributed by atoms with Crippen LogP contribution < -0.4 is 0 Å². The number of rotatable bonds is 2. The fourth-order valence-electron chi connectivity index (χ4n) is 1.81. The first-order valence-electron chi connectivity index (χ1n) is 5.07. The summed E-state index contributed by atoms with van der Waals surface area (Å²) in [6.45, 7) is 3.81. The van der Waals surface area contributed by atoms with Crippen molar-refractivity contribution in [2.75, 3.05) is 0 Å². The van der Waals surface area contributed by atoms with E-state index in [0.29, 0.717) is 13.1 Å². The number of amides is 1. The SMILES string of the molecule is CC(C)(F)Cn1cc2c(n1)CN(C(=O)O)C2. The van der Waals surface area contributed by atoms with Crippen LogP contribution in [0, 0.1) is 0 Å². The first-order chi connectivity index (χ1) is 7.35. The van der Waals surface area contributed by atoms with E-state index < -0.39 is 11.8 Å². The molecule has 88 valence electrons. The van der Waals surface area contributed by atoms with Crippen LogP contribution in [0.15, 0.2) is 6.20 Å². The third-order valence-corrected chi connectivity index (χ3v) is 2.44. The van der Waals surface area contributed by atoms with Crippen molar-refractivity contribution in [3.8, 4) is 0 Å². The minimum atomic E-state index is -1.31. The zero-order valence-electron chi connectivity index (χ0n) is 9.27. The molecule has 1 N–H and O–H groups in total. The lowest BCUT2D eigenvalue weighted by atomic mass is 10.2. The number of alkyl halides is 1. The second kappa shape index (κ2) is 3.47. The summed E-state index contributed by atoms with van der Waals surface area (Å²) in [5, 5.41) is 13.0. The predicted molar refractivity (Wildman–Crippen MR) is 54.7 cm³/mol. The first kappa shape index (κ1) is 10.9. The summed E-state index contributed by atoms with van der Waals surface area (Å²) in [6.07, 6.45) is 0.773. The van der Waals surface area contributed by atoms with Gasteiger partial charge in [-0.05, 0) is 13.8 Å². The molecule has 0 radical (unpaired) electrons. The third-order valence-electron chi connectivity index (χ3n) is 2.44. The minimum Gasteiger partial charge on any atom is -0.465 e. The van der Waals surface area contributed by atoms with E-state index in [0.717, 1.165) is 11.3 Å². The van der Waals surface area contributed by atoms with Crippen LogP contribution >= 0.6 is 0 Å². The van der Waals surface area contributed by atoms with Gasteiger partial charge in [0.15, 0.2) is 0 Å². The van der Waals surface area contributed by atoms with Crippen molar-refractivity contribution in [1.82, 2.24) is 14.7 Å². The Morgan fingerprint density at radius 2 is 2.31 bits per heavy atom. The fraction of sp³-hybridized carbons (Fsp3) is 0.600. The lowest BCUT2D eigenvalue weighted by molar-refractivity contribution is 0.143. The van der Waals surface area contributed by atoms with Gasteiger partial charge in [0.2, 0.25) is 0 Å². The summed E-state index contributed by atoms with van der Waals surface area (Å²) in [5.41, 5.74) is 0.282. The highest BCUT2D eigenvalue weighted by atomic mass is 19.1. The van der Waals surface area contributed by atoms with Gasteiger partial charge in [-0.25, -0.2) is 9.18 Å². The van der Waals surface area contributed by atoms with E-state index in [9.17, 15) is 9.18 Å². The van der Waals surface area contributed by atoms with E-state index >= 15 is 0 Å². The smallest absolute Gasteiger partial charge is 0.407 e. The maximum atomic E-state index is 13.4. The molecule has 1 aliphatic rings. The van der Waals surface area contributed by atoms with Gasteiger partial charge in [-0.3, -0.25) is 9.58 Å². The molecule has 0 fully saturated rings. The van der Waals surface area contributed by atoms with Gasteiger partial charge in [-0.15, -0.1) is 0 Å². The molecule has 1 aromatic heterocycles. The average Bonchev–Trinajstić information content (AvgIpc) is 2.56. The summed E-state index contributed by atoms with van der Waals surface area (Å²) in [7, 11) is 0. The van der Waals surface area contributed by atoms with Gasteiger partial charge in [0.05, 0.1) is 25.3 Å². The molecule has 0 bridgehead atoms. The van der Waals surface area contributed by atoms with Crippen molar-refractivity contribution in [3.05, 3.63) is 17.5 Å². The van der Waals surface area contributed by atoms with Gasteiger partial charge in [-0.1, -0.05) is 0 Å². The topological polar surface area (TPSA) is 58.4 Å². The molecule has 1 aliphatic heterocycles. The van der Waals surface area contributed by atoms with Crippen molar-refractivity contribution in [2.24, 2.45) is 0 Å². The molecule has 16 heavy (non-hydrogen) atoms. The van der Waals surface area contributed by atoms with E-state index in [4.69, 9.17) is 5.11 Å². The van der Waals surface area contributed by atoms with E-state index in [2.05, 4.69) is 5.10 Å². The molecule has 0 spiro atoms. The molecule has 1 amide bonds. The summed E-state index contributed by atoms with van der Waals surface area (Å²) < 4.78 is 14.9. The standard InChI is InChI=1S/C10H14FN3O2/c1-10(2,11)6-14-4-7-3-13(9(15)16)5-8(7)12-14/h4H,3,5-6H2,1-2H3,(H,15,16). The Morgan fingerprint density at radius 3 is 2.81 bits per heavy atom. The quantitative estimate of drug-likeness (QED) is 0.835. The zero-order valence-corrected chi connectivity index (χ0v) is 9.27. The lowest BCUT2D eigenvalue weighted by Gasteiger charge is -2.14. The molecular formula is C10H14FN3O2. The Hall–Kier alpha value is -1.59. The second-order valence-corrected chi connectivity index (χ2v) is 4.66. The Labute approximate surface area is 92.5 Å². The van der Waals surface area contributed by atoms with E-state index in [1.807, 2.05) is 0 Å². The largest absolute Gasteiger partial charge is 0.465 e. The lowest BCUT2D eigenvalue weighted by Crippen LogP contribution is -2.25. The summed E-state index contributed by atoms with van der Waals surface area (Å²) in [4.78, 5) is 12.0. The molecule has 2 rings (SSSR count). The van der Waals surface area contributed by atoms with Crippen molar-refractivity contribution in [3.63, 3.8) is 0 Å². The minimum absolute atomic E-state index is 0.188. The average molecular weight is 227 g/mol. The molecule has 0 saturated heterocycles. The number of hydrogen-bond acceptors (Lipinski definition) is 2. The number of halogens is 1. The van der Waals surface area contributed by atoms with Crippen molar-refractivity contribution in [1.29, 1.82) is 0 Å². The van der Waals surface area contributed by atoms with Gasteiger partial charge < -0.3 is 5.11 Å². The number of carbonyl (C=O) groups is 1. The van der Waals surface area contributed by atoms with Gasteiger partial charge >= 0.3 is 6.09 Å². The Balaban J connectivity index is 2.10. The molecule has 2 heterocycles. The van der Waals surface area contributed by atoms with E-state index in [1.165, 1.54) is 18.7 Å². The van der Waals surface area contributed by atoms with Crippen LogP contribution in [0.2, 0.25) is 0 Å². The number of fused-ring (bicyclic) bond motifs is 1. The maximum Gasteiger partial charge on any atom is 0.407 e. The summed E-state index contributed by atoms with van der Waals surface area (Å²) in [6, 6.07) is 0. The molecule has 6 heteroatoms. The summed E-state index contributed by atoms with van der Waals surface area (Å²) in [5.74, 6) is 0. The highest BCUT2D eigenvalue weighted by Gasteiger charge is 2.27. The fourth-order valence-corrected chi connectivity index (χ4v) is 1.81. The molecule has 0 atom stereocenters. The zero-order chi connectivity index (χ0) is 11.9. The molecule has 5 nitrogen and oxygen atoms in total. The molecule has 0 aromatic carbocycles. The molecule has 0 unspecified atom stereocenters. The van der Waals surface area contributed by atoms with E-state index in [-0.39, 0.29) is 6.54 Å². The number of nitrogens with zero attached hydrogens (tertiary/aromatic N) is 3. The van der Waals surface area contributed by atoms with Gasteiger partial charge in [0.25, 0.3) is 0 Å². The van der Waals surface area contributed by atoms with Gasteiger partial charge in [0.1, 0.15) is 5.67 Å². The molecule has 1 aromatic rings. The van der Waals surface area contributed by atoms with Crippen molar-refractivity contribution in [2.45, 2.75) is 39.2 Å². The molecule has 0 saturated carbocycles. The van der Waals surface area contributed by atoms with Crippen molar-refractivity contribution >= 4 is 6.09 Å². The highest BCUT2D eigenvalue weighted by Crippen LogP contribution is 2.22. The van der Waals surface area contributed by atoms with Gasteiger partial charge in [-0.2, -0.15) is 5.10 Å². The van der Waals surface area contributed by atoms with Crippen LogP contribution in [0.4, 0.5) is 9.18 Å². The second-order valence-electron chi connectivity index (χ2n) is 4.66. The maximum absolute atomic E-state index is 13.4. The normalized spacial score (nSPS) is 15.3. The van der Waals surface area contributed by atoms with Crippen LogP contribution in [-0.4, -0.2) is 31.5 Å². The van der Waals surface area contributed by atoms with E-state index in [1.54, 1.807) is 10.9 Å². The van der Waals surface area contributed by atoms with Crippen molar-refractivity contribution < 1.29 is 14.3 Å². The number of carboxylic acid groups (broad SMARTS) is 1. The van der Waals surface area contributed by atoms with Gasteiger partial charge in [0, 0.05) is 11.8 Å². The van der Waals surface area contributed by atoms with Crippen LogP contribution in [0.1, 0.15) is 25.1 Å². The molecular weight excluding hydrogens is 213 g/mol. The van der Waals surface area contributed by atoms with Crippen LogP contribution in [0.25, 0.3) is 0 Å². The van der Waals surface area contributed by atoms with Crippen LogP contribution in [0.5, 0.6) is 0 Å². The third kappa shape index (κ3) is 2.15. The number of aromatic nitrogens is 2. The monoisotopic (exact) mass is 227 g/mol. The van der Waals surface area contributed by atoms with Crippen LogP contribution in [0.3, 0.4) is 0 Å². The summed E-state index contributed by atoms with van der Waals surface area (Å²) >= 11 is 0. The Bertz CT molecular complexity index is 399. The Kier molecular flexibility index (Phi) is 2.36. The first-order valence-corrected chi connectivity index (χ1v) is 5.07.